The third-order valence-corrected chi connectivity index (χ3v) is 4.24. The second kappa shape index (κ2) is 5.30. The Morgan fingerprint density at radius 2 is 2.05 bits per heavy atom. The van der Waals surface area contributed by atoms with Gasteiger partial charge in [0.25, 0.3) is 0 Å². The number of carbonyl (C=O) groups is 1. The molecule has 0 bridgehead atoms. The predicted molar refractivity (Wildman–Crippen MR) is 88.6 cm³/mol. The van der Waals surface area contributed by atoms with E-state index in [1.807, 2.05) is 12.1 Å². The molecule has 0 saturated heterocycles. The first-order valence-electron chi connectivity index (χ1n) is 7.58. The van der Waals surface area contributed by atoms with Crippen LogP contribution < -0.4 is 0 Å². The maximum atomic E-state index is 12.1. The molecular formula is C20H16O2. The van der Waals surface area contributed by atoms with Gasteiger partial charge < -0.3 is 4.74 Å². The smallest absolute Gasteiger partial charge is 0.339 e. The van der Waals surface area contributed by atoms with Crippen molar-refractivity contribution in [3.8, 4) is 0 Å². The van der Waals surface area contributed by atoms with Crippen molar-refractivity contribution in [1.29, 1.82) is 0 Å². The molecule has 4 rings (SSSR count). The highest BCUT2D eigenvalue weighted by molar-refractivity contribution is 6.05. The third kappa shape index (κ3) is 2.17. The maximum Gasteiger partial charge on any atom is 0.339 e. The SMILES string of the molecule is O=C1OCc2cc3ccccc3c(C=CC3=CC=CCC3)c21. The number of hydrogen-bond acceptors (Lipinski definition) is 2. The van der Waals surface area contributed by atoms with Gasteiger partial charge in [0.05, 0.1) is 5.56 Å². The fraction of sp³-hybridized carbons (Fsp3) is 0.150. The van der Waals surface area contributed by atoms with Crippen LogP contribution in [0.5, 0.6) is 0 Å². The number of hydrogen-bond donors (Lipinski definition) is 0. The van der Waals surface area contributed by atoms with Crippen LogP contribution >= 0.6 is 0 Å². The molecule has 2 aromatic carbocycles. The van der Waals surface area contributed by atoms with Crippen LogP contribution in [0.15, 0.2) is 60.2 Å². The largest absolute Gasteiger partial charge is 0.457 e. The van der Waals surface area contributed by atoms with E-state index in [4.69, 9.17) is 4.74 Å². The normalized spacial score (nSPS) is 16.9. The highest BCUT2D eigenvalue weighted by Crippen LogP contribution is 2.32. The quantitative estimate of drug-likeness (QED) is 0.742. The predicted octanol–water partition coefficient (Wildman–Crippen LogP) is 4.80. The summed E-state index contributed by atoms with van der Waals surface area (Å²) in [6.07, 6.45) is 12.7. The minimum Gasteiger partial charge on any atom is -0.457 e. The van der Waals surface area contributed by atoms with Gasteiger partial charge >= 0.3 is 5.97 Å². The van der Waals surface area contributed by atoms with Gasteiger partial charge in [-0.1, -0.05) is 54.6 Å². The summed E-state index contributed by atoms with van der Waals surface area (Å²) in [5.74, 6) is -0.210. The van der Waals surface area contributed by atoms with Crippen LogP contribution in [0.3, 0.4) is 0 Å². The molecule has 0 atom stereocenters. The second-order valence-corrected chi connectivity index (χ2v) is 5.66. The first-order valence-corrected chi connectivity index (χ1v) is 7.58. The zero-order valence-corrected chi connectivity index (χ0v) is 12.2. The summed E-state index contributed by atoms with van der Waals surface area (Å²) >= 11 is 0. The number of carbonyl (C=O) groups excluding carboxylic acids is 1. The number of cyclic esters (lactones) is 1. The summed E-state index contributed by atoms with van der Waals surface area (Å²) in [5.41, 5.74) is 3.98. The topological polar surface area (TPSA) is 26.3 Å². The van der Waals surface area contributed by atoms with Gasteiger partial charge in [-0.25, -0.2) is 4.79 Å². The Balaban J connectivity index is 1.90. The first-order chi connectivity index (χ1) is 10.8. The van der Waals surface area contributed by atoms with Crippen LogP contribution in [-0.2, 0) is 11.3 Å². The van der Waals surface area contributed by atoms with E-state index in [-0.39, 0.29) is 5.97 Å². The molecule has 1 aliphatic carbocycles. The zero-order chi connectivity index (χ0) is 14.9. The molecule has 0 spiro atoms. The molecule has 0 aromatic heterocycles. The van der Waals surface area contributed by atoms with Crippen LogP contribution in [0.25, 0.3) is 16.8 Å². The fourth-order valence-corrected chi connectivity index (χ4v) is 3.13. The second-order valence-electron chi connectivity index (χ2n) is 5.66. The minimum atomic E-state index is -0.210. The van der Waals surface area contributed by atoms with Crippen molar-refractivity contribution in [2.45, 2.75) is 19.4 Å². The van der Waals surface area contributed by atoms with Crippen LogP contribution in [0.2, 0.25) is 0 Å². The van der Waals surface area contributed by atoms with Gasteiger partial charge in [-0.15, -0.1) is 0 Å². The summed E-state index contributed by atoms with van der Waals surface area (Å²) in [7, 11) is 0. The Morgan fingerprint density at radius 1 is 1.14 bits per heavy atom. The van der Waals surface area contributed by atoms with Crippen LogP contribution in [0, 0.1) is 0 Å². The average molecular weight is 288 g/mol. The van der Waals surface area contributed by atoms with Gasteiger partial charge in [-0.05, 0) is 40.8 Å². The lowest BCUT2D eigenvalue weighted by atomic mass is 9.94. The molecule has 0 saturated carbocycles. The average Bonchev–Trinajstić information content (AvgIpc) is 2.93. The van der Waals surface area contributed by atoms with E-state index in [2.05, 4.69) is 48.6 Å². The van der Waals surface area contributed by atoms with E-state index in [9.17, 15) is 4.79 Å². The highest BCUT2D eigenvalue weighted by Gasteiger charge is 2.25. The van der Waals surface area contributed by atoms with Crippen molar-refractivity contribution >= 4 is 22.8 Å². The molecule has 1 heterocycles. The standard InChI is InChI=1S/C20H16O2/c21-20-19-16(13-22-20)12-15-8-4-5-9-17(15)18(19)11-10-14-6-2-1-3-7-14/h1-2,4-6,8-12H,3,7,13H2. The van der Waals surface area contributed by atoms with E-state index in [1.54, 1.807) is 0 Å². The lowest BCUT2D eigenvalue weighted by Gasteiger charge is -2.08. The zero-order valence-electron chi connectivity index (χ0n) is 12.2. The molecule has 0 amide bonds. The van der Waals surface area contributed by atoms with Gasteiger partial charge in [-0.3, -0.25) is 0 Å². The molecule has 2 heteroatoms. The minimum absolute atomic E-state index is 0.210. The molecule has 0 unspecified atom stereocenters. The molecule has 2 nitrogen and oxygen atoms in total. The van der Waals surface area contributed by atoms with Gasteiger partial charge in [0.2, 0.25) is 0 Å². The van der Waals surface area contributed by atoms with E-state index < -0.39 is 0 Å². The Bertz CT molecular complexity index is 853. The number of allylic oxidation sites excluding steroid dienone is 5. The summed E-state index contributed by atoms with van der Waals surface area (Å²) in [5, 5.41) is 2.25. The van der Waals surface area contributed by atoms with Crippen LogP contribution in [-0.4, -0.2) is 5.97 Å². The Kier molecular flexibility index (Phi) is 3.15. The highest BCUT2D eigenvalue weighted by atomic mass is 16.5. The van der Waals surface area contributed by atoms with E-state index in [0.29, 0.717) is 6.61 Å². The number of rotatable bonds is 2. The lowest BCUT2D eigenvalue weighted by molar-refractivity contribution is 0.0535. The summed E-state index contributed by atoms with van der Waals surface area (Å²) in [4.78, 5) is 12.1. The van der Waals surface area contributed by atoms with Gasteiger partial charge in [-0.2, -0.15) is 0 Å². The fourth-order valence-electron chi connectivity index (χ4n) is 3.13. The number of benzene rings is 2. The van der Waals surface area contributed by atoms with Gasteiger partial charge in [0, 0.05) is 5.56 Å². The van der Waals surface area contributed by atoms with Crippen molar-refractivity contribution < 1.29 is 9.53 Å². The summed E-state index contributed by atoms with van der Waals surface area (Å²) in [6, 6.07) is 10.2. The Hall–Kier alpha value is -2.61. The van der Waals surface area contributed by atoms with Crippen molar-refractivity contribution in [3.05, 3.63) is 76.9 Å². The van der Waals surface area contributed by atoms with Gasteiger partial charge in [0.15, 0.2) is 0 Å². The van der Waals surface area contributed by atoms with Gasteiger partial charge in [0.1, 0.15) is 6.61 Å². The lowest BCUT2D eigenvalue weighted by Crippen LogP contribution is -1.98. The number of fused-ring (bicyclic) bond motifs is 2. The molecule has 0 fully saturated rings. The summed E-state index contributed by atoms with van der Waals surface area (Å²) < 4.78 is 5.23. The van der Waals surface area contributed by atoms with Crippen LogP contribution in [0.4, 0.5) is 0 Å². The van der Waals surface area contributed by atoms with Crippen LogP contribution in [0.1, 0.15) is 34.3 Å². The monoisotopic (exact) mass is 288 g/mol. The Morgan fingerprint density at radius 3 is 2.91 bits per heavy atom. The van der Waals surface area contributed by atoms with Crippen molar-refractivity contribution in [3.63, 3.8) is 0 Å². The summed E-state index contributed by atoms with van der Waals surface area (Å²) in [6.45, 7) is 0.380. The van der Waals surface area contributed by atoms with E-state index in [0.717, 1.165) is 40.3 Å². The molecular weight excluding hydrogens is 272 g/mol. The molecule has 2 aliphatic rings. The van der Waals surface area contributed by atoms with E-state index >= 15 is 0 Å². The molecule has 1 aliphatic heterocycles. The molecule has 2 aromatic rings. The number of esters is 1. The molecule has 108 valence electrons. The first kappa shape index (κ1) is 13.1. The number of ether oxygens (including phenoxy) is 1. The van der Waals surface area contributed by atoms with Crippen molar-refractivity contribution in [2.75, 3.05) is 0 Å². The Labute approximate surface area is 129 Å². The van der Waals surface area contributed by atoms with E-state index in [1.165, 1.54) is 5.57 Å². The molecule has 0 radical (unpaired) electrons. The molecule has 22 heavy (non-hydrogen) atoms. The third-order valence-electron chi connectivity index (χ3n) is 4.24. The maximum absolute atomic E-state index is 12.1. The van der Waals surface area contributed by atoms with Crippen molar-refractivity contribution in [1.82, 2.24) is 0 Å². The van der Waals surface area contributed by atoms with Crippen molar-refractivity contribution in [2.24, 2.45) is 0 Å². The molecule has 0 N–H and O–H groups in total.